The number of hydrogen-bond donors (Lipinski definition) is 1. The SMILES string of the molecule is CN1CCN(c2cc3cc(-c4ccc5ncccc5c4)c(-c4ccccc4)nc3[nH]c2=O)CC1. The van der Waals surface area contributed by atoms with Gasteiger partial charge in [-0.2, -0.15) is 0 Å². The molecular weight excluding hydrogens is 422 g/mol. The number of rotatable bonds is 3. The predicted molar refractivity (Wildman–Crippen MR) is 138 cm³/mol. The zero-order chi connectivity index (χ0) is 23.1. The number of pyridine rings is 3. The average Bonchev–Trinajstić information content (AvgIpc) is 2.88. The quantitative estimate of drug-likeness (QED) is 0.439. The van der Waals surface area contributed by atoms with Crippen LogP contribution in [0.4, 0.5) is 5.69 Å². The lowest BCUT2D eigenvalue weighted by Crippen LogP contribution is -2.46. The second-order valence-corrected chi connectivity index (χ2v) is 8.87. The Kier molecular flexibility index (Phi) is 5.08. The van der Waals surface area contributed by atoms with Crippen LogP contribution in [0.25, 0.3) is 44.3 Å². The lowest BCUT2D eigenvalue weighted by Gasteiger charge is -2.33. The third-order valence-corrected chi connectivity index (χ3v) is 6.61. The number of piperazine rings is 1. The minimum atomic E-state index is -0.0897. The molecule has 0 unspecified atom stereocenters. The van der Waals surface area contributed by atoms with E-state index in [1.165, 1.54) is 0 Å². The van der Waals surface area contributed by atoms with Crippen molar-refractivity contribution < 1.29 is 0 Å². The highest BCUT2D eigenvalue weighted by Gasteiger charge is 2.19. The summed E-state index contributed by atoms with van der Waals surface area (Å²) in [7, 11) is 2.11. The molecule has 3 aromatic heterocycles. The highest BCUT2D eigenvalue weighted by molar-refractivity contribution is 5.94. The van der Waals surface area contributed by atoms with Gasteiger partial charge in [-0.1, -0.05) is 42.5 Å². The molecule has 168 valence electrons. The lowest BCUT2D eigenvalue weighted by atomic mass is 9.97. The molecule has 0 bridgehead atoms. The molecule has 6 rings (SSSR count). The van der Waals surface area contributed by atoms with Crippen molar-refractivity contribution in [2.75, 3.05) is 38.1 Å². The van der Waals surface area contributed by atoms with Crippen molar-refractivity contribution in [3.05, 3.63) is 89.3 Å². The zero-order valence-electron chi connectivity index (χ0n) is 19.0. The Labute approximate surface area is 197 Å². The minimum absolute atomic E-state index is 0.0897. The molecule has 2 aromatic carbocycles. The van der Waals surface area contributed by atoms with Crippen molar-refractivity contribution in [2.24, 2.45) is 0 Å². The number of H-pyrrole nitrogens is 1. The molecule has 5 aromatic rings. The number of aromatic amines is 1. The smallest absolute Gasteiger partial charge is 0.273 e. The Bertz CT molecular complexity index is 1550. The van der Waals surface area contributed by atoms with Gasteiger partial charge in [0, 0.05) is 54.3 Å². The average molecular weight is 448 g/mol. The van der Waals surface area contributed by atoms with E-state index in [9.17, 15) is 4.79 Å². The van der Waals surface area contributed by atoms with E-state index >= 15 is 0 Å². The second kappa shape index (κ2) is 8.39. The molecule has 0 radical (unpaired) electrons. The normalized spacial score (nSPS) is 14.7. The molecule has 6 heteroatoms. The molecule has 1 fully saturated rings. The topological polar surface area (TPSA) is 65.1 Å². The van der Waals surface area contributed by atoms with E-state index in [0.717, 1.165) is 64.9 Å². The van der Waals surface area contributed by atoms with Gasteiger partial charge < -0.3 is 14.8 Å². The maximum atomic E-state index is 13.0. The van der Waals surface area contributed by atoms with Crippen molar-refractivity contribution in [2.45, 2.75) is 0 Å². The molecule has 34 heavy (non-hydrogen) atoms. The monoisotopic (exact) mass is 447 g/mol. The van der Waals surface area contributed by atoms with E-state index in [1.807, 2.05) is 42.6 Å². The third-order valence-electron chi connectivity index (χ3n) is 6.61. The lowest BCUT2D eigenvalue weighted by molar-refractivity contribution is 0.312. The van der Waals surface area contributed by atoms with Gasteiger partial charge in [0.2, 0.25) is 0 Å². The Morgan fingerprint density at radius 2 is 1.65 bits per heavy atom. The zero-order valence-corrected chi connectivity index (χ0v) is 19.0. The van der Waals surface area contributed by atoms with E-state index in [4.69, 9.17) is 4.98 Å². The van der Waals surface area contributed by atoms with E-state index in [-0.39, 0.29) is 5.56 Å². The first kappa shape index (κ1) is 20.6. The maximum Gasteiger partial charge on any atom is 0.273 e. The fraction of sp³-hybridized carbons (Fsp3) is 0.179. The molecule has 6 nitrogen and oxygen atoms in total. The third kappa shape index (κ3) is 3.72. The molecule has 0 atom stereocenters. The molecule has 0 saturated carbocycles. The van der Waals surface area contributed by atoms with Crippen molar-refractivity contribution in [3.63, 3.8) is 0 Å². The predicted octanol–water partition coefficient (Wildman–Crippen LogP) is 4.56. The maximum absolute atomic E-state index is 13.0. The second-order valence-electron chi connectivity index (χ2n) is 8.87. The van der Waals surface area contributed by atoms with E-state index in [0.29, 0.717) is 11.3 Å². The highest BCUT2D eigenvalue weighted by atomic mass is 16.1. The van der Waals surface area contributed by atoms with Crippen LogP contribution in [-0.4, -0.2) is 53.1 Å². The molecule has 1 N–H and O–H groups in total. The largest absolute Gasteiger partial charge is 0.364 e. The standard InChI is InChI=1S/C28H25N5O/c1-32-12-14-33(15-13-32)25-18-22-17-23(20-9-10-24-21(16-20)8-5-11-29-24)26(19-6-3-2-4-7-19)30-27(22)31-28(25)34/h2-11,16-18H,12-15H2,1H3,(H,30,31,34). The summed E-state index contributed by atoms with van der Waals surface area (Å²) in [5.41, 5.74) is 6.14. The van der Waals surface area contributed by atoms with Gasteiger partial charge in [0.05, 0.1) is 11.2 Å². The summed E-state index contributed by atoms with van der Waals surface area (Å²) in [6, 6.07) is 24.6. The van der Waals surface area contributed by atoms with Crippen LogP contribution in [0, 0.1) is 0 Å². The van der Waals surface area contributed by atoms with Crippen LogP contribution in [0.1, 0.15) is 0 Å². The van der Waals surface area contributed by atoms with Crippen LogP contribution >= 0.6 is 0 Å². The van der Waals surface area contributed by atoms with Crippen LogP contribution in [0.15, 0.2) is 83.8 Å². The van der Waals surface area contributed by atoms with Crippen LogP contribution in [0.2, 0.25) is 0 Å². The van der Waals surface area contributed by atoms with Crippen LogP contribution in [-0.2, 0) is 0 Å². The van der Waals surface area contributed by atoms with Gasteiger partial charge in [-0.05, 0) is 42.9 Å². The summed E-state index contributed by atoms with van der Waals surface area (Å²) in [5.74, 6) is 0. The Hall–Kier alpha value is -4.03. The van der Waals surface area contributed by atoms with Gasteiger partial charge in [-0.3, -0.25) is 9.78 Å². The molecule has 0 aliphatic carbocycles. The minimum Gasteiger partial charge on any atom is -0.364 e. The van der Waals surface area contributed by atoms with E-state index in [1.54, 1.807) is 0 Å². The van der Waals surface area contributed by atoms with Gasteiger partial charge >= 0.3 is 0 Å². The fourth-order valence-corrected chi connectivity index (χ4v) is 4.68. The van der Waals surface area contributed by atoms with E-state index in [2.05, 4.69) is 63.2 Å². The van der Waals surface area contributed by atoms with Crippen molar-refractivity contribution in [3.8, 4) is 22.4 Å². The number of likely N-dealkylation sites (N-methyl/N-ethyl adjacent to an activating group) is 1. The fourth-order valence-electron chi connectivity index (χ4n) is 4.68. The molecule has 0 spiro atoms. The molecule has 1 aliphatic rings. The van der Waals surface area contributed by atoms with Crippen LogP contribution < -0.4 is 10.5 Å². The Morgan fingerprint density at radius 1 is 0.824 bits per heavy atom. The van der Waals surface area contributed by atoms with Gasteiger partial charge in [-0.15, -0.1) is 0 Å². The summed E-state index contributed by atoms with van der Waals surface area (Å²) < 4.78 is 0. The number of fused-ring (bicyclic) bond motifs is 2. The van der Waals surface area contributed by atoms with Gasteiger partial charge in [0.1, 0.15) is 11.3 Å². The summed E-state index contributed by atoms with van der Waals surface area (Å²) >= 11 is 0. The van der Waals surface area contributed by atoms with Crippen molar-refractivity contribution in [1.29, 1.82) is 0 Å². The Balaban J connectivity index is 1.56. The first-order chi connectivity index (χ1) is 16.7. The summed E-state index contributed by atoms with van der Waals surface area (Å²) in [5, 5.41) is 2.01. The number of benzene rings is 2. The summed E-state index contributed by atoms with van der Waals surface area (Å²) in [6.07, 6.45) is 1.81. The number of anilines is 1. The number of nitrogens with zero attached hydrogens (tertiary/aromatic N) is 4. The van der Waals surface area contributed by atoms with Crippen molar-refractivity contribution in [1.82, 2.24) is 19.9 Å². The van der Waals surface area contributed by atoms with Gasteiger partial charge in [0.15, 0.2) is 0 Å². The van der Waals surface area contributed by atoms with Gasteiger partial charge in [0.25, 0.3) is 5.56 Å². The highest BCUT2D eigenvalue weighted by Crippen LogP contribution is 2.34. The molecule has 0 amide bonds. The van der Waals surface area contributed by atoms with Crippen LogP contribution in [0.5, 0.6) is 0 Å². The van der Waals surface area contributed by atoms with E-state index < -0.39 is 0 Å². The molecular formula is C28H25N5O. The molecule has 1 aliphatic heterocycles. The first-order valence-corrected chi connectivity index (χ1v) is 11.6. The molecule has 1 saturated heterocycles. The van der Waals surface area contributed by atoms with Gasteiger partial charge in [-0.25, -0.2) is 4.98 Å². The number of nitrogens with one attached hydrogen (secondary N) is 1. The van der Waals surface area contributed by atoms with Crippen molar-refractivity contribution >= 4 is 27.6 Å². The summed E-state index contributed by atoms with van der Waals surface area (Å²) in [4.78, 5) is 29.9. The Morgan fingerprint density at radius 3 is 2.47 bits per heavy atom. The number of aromatic nitrogens is 3. The molecule has 4 heterocycles. The van der Waals surface area contributed by atoms with Crippen LogP contribution in [0.3, 0.4) is 0 Å². The summed E-state index contributed by atoms with van der Waals surface area (Å²) in [6.45, 7) is 3.56. The first-order valence-electron chi connectivity index (χ1n) is 11.6. The number of hydrogen-bond acceptors (Lipinski definition) is 5.